The summed E-state index contributed by atoms with van der Waals surface area (Å²) in [6.45, 7) is 4.24. The van der Waals surface area contributed by atoms with E-state index in [0.717, 1.165) is 25.7 Å². The van der Waals surface area contributed by atoms with Gasteiger partial charge in [-0.2, -0.15) is 0 Å². The fourth-order valence-corrected chi connectivity index (χ4v) is 3.90. The van der Waals surface area contributed by atoms with Crippen LogP contribution in [-0.2, 0) is 14.3 Å². The fourth-order valence-electron chi connectivity index (χ4n) is 3.90. The first-order chi connectivity index (χ1) is 9.94. The van der Waals surface area contributed by atoms with Gasteiger partial charge in [0.2, 0.25) is 0 Å². The predicted molar refractivity (Wildman–Crippen MR) is 77.0 cm³/mol. The van der Waals surface area contributed by atoms with Crippen molar-refractivity contribution in [1.82, 2.24) is 0 Å². The van der Waals surface area contributed by atoms with Crippen LogP contribution in [0.5, 0.6) is 0 Å². The lowest BCUT2D eigenvalue weighted by molar-refractivity contribution is -0.166. The average molecular weight is 298 g/mol. The SMILES string of the molecule is CCCC(CC)CCC1(C(=O)O)CC2OC2CC1C(=O)O. The normalized spacial score (nSPS) is 35.8. The van der Waals surface area contributed by atoms with E-state index in [4.69, 9.17) is 4.74 Å². The monoisotopic (exact) mass is 298 g/mol. The highest BCUT2D eigenvalue weighted by Gasteiger charge is 2.61. The van der Waals surface area contributed by atoms with Gasteiger partial charge in [-0.05, 0) is 31.6 Å². The van der Waals surface area contributed by atoms with Crippen molar-refractivity contribution in [1.29, 1.82) is 0 Å². The molecular weight excluding hydrogens is 272 g/mol. The molecule has 1 aliphatic carbocycles. The number of aliphatic carboxylic acids is 2. The number of carboxylic acid groups (broad SMARTS) is 2. The van der Waals surface area contributed by atoms with Gasteiger partial charge in [0.1, 0.15) is 0 Å². The van der Waals surface area contributed by atoms with E-state index in [1.165, 1.54) is 0 Å². The highest BCUT2D eigenvalue weighted by molar-refractivity contribution is 5.84. The van der Waals surface area contributed by atoms with Gasteiger partial charge in [0.15, 0.2) is 0 Å². The Bertz CT molecular complexity index is 407. The van der Waals surface area contributed by atoms with Gasteiger partial charge in [-0.1, -0.05) is 33.1 Å². The molecule has 1 heterocycles. The zero-order chi connectivity index (χ0) is 15.6. The molecule has 5 nitrogen and oxygen atoms in total. The molecule has 120 valence electrons. The molecule has 0 spiro atoms. The molecule has 5 atom stereocenters. The van der Waals surface area contributed by atoms with Crippen LogP contribution in [0.15, 0.2) is 0 Å². The number of epoxide rings is 1. The average Bonchev–Trinajstić information content (AvgIpc) is 3.19. The smallest absolute Gasteiger partial charge is 0.310 e. The van der Waals surface area contributed by atoms with Crippen LogP contribution in [0.4, 0.5) is 0 Å². The lowest BCUT2D eigenvalue weighted by Crippen LogP contribution is -2.47. The molecule has 0 radical (unpaired) electrons. The fraction of sp³-hybridized carbons (Fsp3) is 0.875. The van der Waals surface area contributed by atoms with Crippen LogP contribution in [-0.4, -0.2) is 34.4 Å². The number of rotatable bonds is 8. The van der Waals surface area contributed by atoms with Crippen molar-refractivity contribution in [2.75, 3.05) is 0 Å². The number of hydrogen-bond acceptors (Lipinski definition) is 3. The van der Waals surface area contributed by atoms with Crippen LogP contribution in [0.1, 0.15) is 58.8 Å². The Morgan fingerprint density at radius 3 is 2.48 bits per heavy atom. The van der Waals surface area contributed by atoms with E-state index in [0.29, 0.717) is 25.2 Å². The second kappa shape index (κ2) is 6.34. The third-order valence-electron chi connectivity index (χ3n) is 5.39. The van der Waals surface area contributed by atoms with E-state index in [9.17, 15) is 19.8 Å². The second-order valence-corrected chi connectivity index (χ2v) is 6.61. The Morgan fingerprint density at radius 1 is 1.24 bits per heavy atom. The summed E-state index contributed by atoms with van der Waals surface area (Å²) in [5, 5.41) is 19.2. The van der Waals surface area contributed by atoms with Crippen LogP contribution in [0.2, 0.25) is 0 Å². The standard InChI is InChI=1S/C16H26O5/c1-3-5-10(4-2)6-7-16(15(19)20)9-13-12(21-13)8-11(16)14(17)18/h10-13H,3-9H2,1-2H3,(H,17,18)(H,19,20). The molecule has 0 aromatic heterocycles. The molecule has 0 bridgehead atoms. The molecule has 21 heavy (non-hydrogen) atoms. The van der Waals surface area contributed by atoms with E-state index in [1.807, 2.05) is 0 Å². The minimum absolute atomic E-state index is 0.0313. The first-order valence-corrected chi connectivity index (χ1v) is 8.06. The number of carbonyl (C=O) groups is 2. The van der Waals surface area contributed by atoms with Crippen LogP contribution < -0.4 is 0 Å². The quantitative estimate of drug-likeness (QED) is 0.673. The summed E-state index contributed by atoms with van der Waals surface area (Å²) < 4.78 is 5.42. The van der Waals surface area contributed by atoms with Gasteiger partial charge in [-0.3, -0.25) is 9.59 Å². The molecule has 5 heteroatoms. The Hall–Kier alpha value is -1.10. The van der Waals surface area contributed by atoms with Gasteiger partial charge >= 0.3 is 11.9 Å². The van der Waals surface area contributed by atoms with Crippen LogP contribution in [0.25, 0.3) is 0 Å². The molecular formula is C16H26O5. The maximum atomic E-state index is 11.9. The highest BCUT2D eigenvalue weighted by atomic mass is 16.6. The third kappa shape index (κ3) is 3.23. The summed E-state index contributed by atoms with van der Waals surface area (Å²) in [6.07, 6.45) is 5.04. The second-order valence-electron chi connectivity index (χ2n) is 6.61. The van der Waals surface area contributed by atoms with E-state index in [-0.39, 0.29) is 12.2 Å². The molecule has 1 aliphatic heterocycles. The number of hydrogen-bond donors (Lipinski definition) is 2. The van der Waals surface area contributed by atoms with E-state index in [2.05, 4.69) is 13.8 Å². The minimum Gasteiger partial charge on any atom is -0.481 e. The summed E-state index contributed by atoms with van der Waals surface area (Å²) in [6, 6.07) is 0. The van der Waals surface area contributed by atoms with Gasteiger partial charge in [0.05, 0.1) is 23.5 Å². The summed E-state index contributed by atoms with van der Waals surface area (Å²) >= 11 is 0. The molecule has 2 fully saturated rings. The van der Waals surface area contributed by atoms with Crippen molar-refractivity contribution in [3.05, 3.63) is 0 Å². The van der Waals surface area contributed by atoms with E-state index in [1.54, 1.807) is 0 Å². The Balaban J connectivity index is 2.13. The third-order valence-corrected chi connectivity index (χ3v) is 5.39. The molecule has 0 aromatic rings. The number of fused-ring (bicyclic) bond motifs is 1. The maximum Gasteiger partial charge on any atom is 0.310 e. The molecule has 2 N–H and O–H groups in total. The van der Waals surface area contributed by atoms with Crippen molar-refractivity contribution in [2.24, 2.45) is 17.3 Å². The number of carboxylic acids is 2. The molecule has 1 saturated heterocycles. The van der Waals surface area contributed by atoms with Crippen molar-refractivity contribution in [2.45, 2.75) is 71.0 Å². The van der Waals surface area contributed by atoms with Gasteiger partial charge in [0.25, 0.3) is 0 Å². The first kappa shape index (κ1) is 16.3. The van der Waals surface area contributed by atoms with Gasteiger partial charge in [-0.25, -0.2) is 0 Å². The molecule has 2 rings (SSSR count). The van der Waals surface area contributed by atoms with Crippen molar-refractivity contribution in [3.63, 3.8) is 0 Å². The lowest BCUT2D eigenvalue weighted by atomic mass is 9.63. The molecule has 5 unspecified atom stereocenters. The largest absolute Gasteiger partial charge is 0.481 e. The van der Waals surface area contributed by atoms with Crippen LogP contribution >= 0.6 is 0 Å². The van der Waals surface area contributed by atoms with Crippen molar-refractivity contribution >= 4 is 11.9 Å². The Labute approximate surface area is 125 Å². The Morgan fingerprint density at radius 2 is 1.95 bits per heavy atom. The Kier molecular flexibility index (Phi) is 4.91. The summed E-state index contributed by atoms with van der Waals surface area (Å²) in [5.41, 5.74) is -1.15. The zero-order valence-corrected chi connectivity index (χ0v) is 12.9. The first-order valence-electron chi connectivity index (χ1n) is 8.06. The van der Waals surface area contributed by atoms with E-state index >= 15 is 0 Å². The molecule has 2 aliphatic rings. The number of ether oxygens (including phenoxy) is 1. The predicted octanol–water partition coefficient (Wildman–Crippen LogP) is 2.93. The maximum absolute atomic E-state index is 11.9. The zero-order valence-electron chi connectivity index (χ0n) is 12.9. The van der Waals surface area contributed by atoms with Crippen molar-refractivity contribution in [3.8, 4) is 0 Å². The topological polar surface area (TPSA) is 87.1 Å². The summed E-state index contributed by atoms with van der Waals surface area (Å²) in [5.74, 6) is -2.29. The van der Waals surface area contributed by atoms with Gasteiger partial charge in [0, 0.05) is 0 Å². The van der Waals surface area contributed by atoms with Crippen LogP contribution in [0.3, 0.4) is 0 Å². The minimum atomic E-state index is -1.15. The van der Waals surface area contributed by atoms with Gasteiger partial charge < -0.3 is 14.9 Å². The van der Waals surface area contributed by atoms with Crippen LogP contribution in [0, 0.1) is 17.3 Å². The summed E-state index contributed by atoms with van der Waals surface area (Å²) in [7, 11) is 0. The van der Waals surface area contributed by atoms with Gasteiger partial charge in [-0.15, -0.1) is 0 Å². The van der Waals surface area contributed by atoms with E-state index < -0.39 is 23.3 Å². The molecule has 1 saturated carbocycles. The highest BCUT2D eigenvalue weighted by Crippen LogP contribution is 2.53. The van der Waals surface area contributed by atoms with Crippen molar-refractivity contribution < 1.29 is 24.5 Å². The molecule has 0 amide bonds. The summed E-state index contributed by atoms with van der Waals surface area (Å²) in [4.78, 5) is 23.5. The lowest BCUT2D eigenvalue weighted by Gasteiger charge is -2.37. The molecule has 0 aromatic carbocycles.